The molecule has 6 heteroatoms. The molecule has 1 spiro atoms. The third-order valence-electron chi connectivity index (χ3n) is 7.26. The lowest BCUT2D eigenvalue weighted by Crippen LogP contribution is -2.34. The molecule has 3 aromatic rings. The summed E-state index contributed by atoms with van der Waals surface area (Å²) in [6, 6.07) is 12.6. The van der Waals surface area contributed by atoms with Gasteiger partial charge in [-0.15, -0.1) is 0 Å². The highest BCUT2D eigenvalue weighted by atomic mass is 16.7. The highest BCUT2D eigenvalue weighted by Crippen LogP contribution is 2.48. The minimum Gasteiger partial charge on any atom is -0.477 e. The van der Waals surface area contributed by atoms with Gasteiger partial charge in [0.1, 0.15) is 5.82 Å². The number of benzene rings is 1. The zero-order valence-corrected chi connectivity index (χ0v) is 18.5. The lowest BCUT2D eigenvalue weighted by atomic mass is 9.81. The predicted octanol–water partition coefficient (Wildman–Crippen LogP) is 4.92. The van der Waals surface area contributed by atoms with Crippen molar-refractivity contribution in [2.24, 2.45) is 5.92 Å². The number of nitrogens with zero attached hydrogens (tertiary/aromatic N) is 3. The highest BCUT2D eigenvalue weighted by molar-refractivity contribution is 5.78. The summed E-state index contributed by atoms with van der Waals surface area (Å²) >= 11 is 0. The number of hydrogen-bond donors (Lipinski definition) is 0. The van der Waals surface area contributed by atoms with Crippen molar-refractivity contribution in [1.82, 2.24) is 15.0 Å². The average molecular weight is 432 g/mol. The van der Waals surface area contributed by atoms with Crippen LogP contribution < -0.4 is 4.74 Å². The van der Waals surface area contributed by atoms with Crippen LogP contribution in [0.5, 0.6) is 5.88 Å². The topological polar surface area (TPSA) is 66.4 Å². The number of para-hydroxylation sites is 1. The molecule has 0 amide bonds. The Hall–Kier alpha value is -2.57. The molecule has 0 bridgehead atoms. The summed E-state index contributed by atoms with van der Waals surface area (Å²) in [7, 11) is 0. The first-order chi connectivity index (χ1) is 15.7. The molecule has 1 saturated heterocycles. The fraction of sp³-hybridized carbons (Fsp3) is 0.500. The standard InChI is InChI=1S/C26H29N3O3/c1-17-27-15-22(18-8-10-26(11-9-18)31-12-13-32-26)25(28-17)30-16-20-14-21(20)24-7-6-19-4-2-3-5-23(19)29-24/h2-7,15,18,20-21H,8-14,16H2,1H3/t20-,21+/m1/s1. The van der Waals surface area contributed by atoms with Crippen molar-refractivity contribution in [2.45, 2.75) is 56.7 Å². The van der Waals surface area contributed by atoms with Crippen molar-refractivity contribution in [3.8, 4) is 5.88 Å². The molecule has 3 heterocycles. The van der Waals surface area contributed by atoms with Gasteiger partial charge in [0.15, 0.2) is 5.79 Å². The second-order valence-electron chi connectivity index (χ2n) is 9.40. The van der Waals surface area contributed by atoms with E-state index < -0.39 is 0 Å². The molecule has 0 radical (unpaired) electrons. The predicted molar refractivity (Wildman–Crippen MR) is 121 cm³/mol. The second kappa shape index (κ2) is 8.09. The molecule has 1 aromatic carbocycles. The summed E-state index contributed by atoms with van der Waals surface area (Å²) in [5.74, 6) is 2.50. The lowest BCUT2D eigenvalue weighted by molar-refractivity contribution is -0.178. The van der Waals surface area contributed by atoms with Crippen molar-refractivity contribution in [2.75, 3.05) is 19.8 Å². The number of rotatable bonds is 5. The van der Waals surface area contributed by atoms with E-state index in [1.807, 2.05) is 19.2 Å². The molecule has 166 valence electrons. The first-order valence-corrected chi connectivity index (χ1v) is 11.8. The first kappa shape index (κ1) is 20.1. The highest BCUT2D eigenvalue weighted by Gasteiger charge is 2.42. The summed E-state index contributed by atoms with van der Waals surface area (Å²) in [4.78, 5) is 14.0. The van der Waals surface area contributed by atoms with Crippen LogP contribution in [0.4, 0.5) is 0 Å². The number of pyridine rings is 1. The Balaban J connectivity index is 1.12. The van der Waals surface area contributed by atoms with Gasteiger partial charge in [-0.1, -0.05) is 24.3 Å². The van der Waals surface area contributed by atoms with Crippen LogP contribution in [0, 0.1) is 12.8 Å². The maximum atomic E-state index is 6.31. The molecule has 2 aromatic heterocycles. The van der Waals surface area contributed by atoms with Gasteiger partial charge in [0.05, 0.1) is 25.3 Å². The number of ether oxygens (including phenoxy) is 3. The maximum absolute atomic E-state index is 6.31. The van der Waals surface area contributed by atoms with E-state index in [0.29, 0.717) is 37.6 Å². The summed E-state index contributed by atoms with van der Waals surface area (Å²) in [6.45, 7) is 4.01. The van der Waals surface area contributed by atoms with Crippen LogP contribution in [-0.2, 0) is 9.47 Å². The molecular weight excluding hydrogens is 402 g/mol. The summed E-state index contributed by atoms with van der Waals surface area (Å²) in [5.41, 5.74) is 3.37. The molecule has 2 aliphatic carbocycles. The van der Waals surface area contributed by atoms with Gasteiger partial charge < -0.3 is 14.2 Å². The second-order valence-corrected chi connectivity index (χ2v) is 9.40. The molecule has 0 N–H and O–H groups in total. The zero-order valence-electron chi connectivity index (χ0n) is 18.5. The number of aryl methyl sites for hydroxylation is 1. The number of fused-ring (bicyclic) bond motifs is 1. The van der Waals surface area contributed by atoms with Gasteiger partial charge >= 0.3 is 0 Å². The molecular formula is C26H29N3O3. The third-order valence-corrected chi connectivity index (χ3v) is 7.26. The lowest BCUT2D eigenvalue weighted by Gasteiger charge is -2.35. The van der Waals surface area contributed by atoms with Crippen LogP contribution in [0.25, 0.3) is 10.9 Å². The first-order valence-electron chi connectivity index (χ1n) is 11.8. The Morgan fingerprint density at radius 3 is 2.69 bits per heavy atom. The monoisotopic (exact) mass is 431 g/mol. The summed E-state index contributed by atoms with van der Waals surface area (Å²) in [6.07, 6.45) is 6.94. The molecule has 32 heavy (non-hydrogen) atoms. The van der Waals surface area contributed by atoms with Crippen molar-refractivity contribution in [1.29, 1.82) is 0 Å². The normalized spacial score (nSPS) is 24.8. The van der Waals surface area contributed by atoms with Gasteiger partial charge in [-0.2, -0.15) is 4.98 Å². The van der Waals surface area contributed by atoms with Gasteiger partial charge in [-0.3, -0.25) is 4.98 Å². The van der Waals surface area contributed by atoms with Crippen molar-refractivity contribution < 1.29 is 14.2 Å². The van der Waals surface area contributed by atoms with E-state index in [-0.39, 0.29) is 5.79 Å². The van der Waals surface area contributed by atoms with Crippen LogP contribution in [0.3, 0.4) is 0 Å². The minimum atomic E-state index is -0.350. The molecule has 1 aliphatic heterocycles. The molecule has 0 unspecified atom stereocenters. The van der Waals surface area contributed by atoms with E-state index in [9.17, 15) is 0 Å². The van der Waals surface area contributed by atoms with E-state index in [1.165, 1.54) is 11.1 Å². The van der Waals surface area contributed by atoms with E-state index in [1.54, 1.807) is 0 Å². The Morgan fingerprint density at radius 2 is 1.84 bits per heavy atom. The Morgan fingerprint density at radius 1 is 1.03 bits per heavy atom. The molecule has 2 saturated carbocycles. The van der Waals surface area contributed by atoms with Gasteiger partial charge in [-0.05, 0) is 44.2 Å². The van der Waals surface area contributed by atoms with E-state index in [4.69, 9.17) is 19.2 Å². The van der Waals surface area contributed by atoms with Crippen LogP contribution in [0.15, 0.2) is 42.6 Å². The smallest absolute Gasteiger partial charge is 0.220 e. The zero-order chi connectivity index (χ0) is 21.5. The van der Waals surface area contributed by atoms with Crippen LogP contribution in [0.1, 0.15) is 61.0 Å². The fourth-order valence-electron chi connectivity index (χ4n) is 5.28. The minimum absolute atomic E-state index is 0.350. The molecule has 3 fully saturated rings. The summed E-state index contributed by atoms with van der Waals surface area (Å²) < 4.78 is 18.1. The van der Waals surface area contributed by atoms with E-state index >= 15 is 0 Å². The van der Waals surface area contributed by atoms with E-state index in [0.717, 1.165) is 54.9 Å². The van der Waals surface area contributed by atoms with E-state index in [2.05, 4.69) is 40.3 Å². The Bertz CT molecular complexity index is 1120. The molecule has 3 aliphatic rings. The molecule has 6 rings (SSSR count). The van der Waals surface area contributed by atoms with Crippen molar-refractivity contribution in [3.05, 3.63) is 59.7 Å². The largest absolute Gasteiger partial charge is 0.477 e. The van der Waals surface area contributed by atoms with Crippen LogP contribution >= 0.6 is 0 Å². The van der Waals surface area contributed by atoms with Crippen molar-refractivity contribution in [3.63, 3.8) is 0 Å². The fourth-order valence-corrected chi connectivity index (χ4v) is 5.28. The quantitative estimate of drug-likeness (QED) is 0.571. The number of aromatic nitrogens is 3. The van der Waals surface area contributed by atoms with Gasteiger partial charge in [0.2, 0.25) is 5.88 Å². The molecule has 6 nitrogen and oxygen atoms in total. The SMILES string of the molecule is Cc1ncc(C2CCC3(CC2)OCCO3)c(OC[C@H]2C[C@@H]2c2ccc3ccccc3n2)n1. The third kappa shape index (κ3) is 3.86. The Labute approximate surface area is 188 Å². The van der Waals surface area contributed by atoms with Gasteiger partial charge in [-0.25, -0.2) is 4.98 Å². The van der Waals surface area contributed by atoms with Crippen LogP contribution in [0.2, 0.25) is 0 Å². The number of hydrogen-bond acceptors (Lipinski definition) is 6. The Kier molecular flexibility index (Phi) is 5.07. The van der Waals surface area contributed by atoms with Gasteiger partial charge in [0.25, 0.3) is 0 Å². The summed E-state index contributed by atoms with van der Waals surface area (Å²) in [5, 5.41) is 1.19. The maximum Gasteiger partial charge on any atom is 0.220 e. The van der Waals surface area contributed by atoms with Gasteiger partial charge in [0, 0.05) is 47.5 Å². The van der Waals surface area contributed by atoms with Crippen LogP contribution in [-0.4, -0.2) is 40.6 Å². The molecule has 2 atom stereocenters. The van der Waals surface area contributed by atoms with Crippen molar-refractivity contribution >= 4 is 10.9 Å². The average Bonchev–Trinajstić information content (AvgIpc) is 3.48.